The third-order valence-corrected chi connectivity index (χ3v) is 4.04. The molecule has 0 aliphatic heterocycles. The van der Waals surface area contributed by atoms with Crippen molar-refractivity contribution >= 4 is 35.6 Å². The molecule has 0 heterocycles. The number of halogens is 2. The lowest BCUT2D eigenvalue weighted by Crippen LogP contribution is -2.12. The molecule has 0 atom stereocenters. The van der Waals surface area contributed by atoms with Crippen LogP contribution in [0.5, 0.6) is 5.75 Å². The predicted octanol–water partition coefficient (Wildman–Crippen LogP) is 5.19. The van der Waals surface area contributed by atoms with E-state index in [1.807, 2.05) is 48.5 Å². The third kappa shape index (κ3) is 8.09. The summed E-state index contributed by atoms with van der Waals surface area (Å²) in [5.41, 5.74) is 7.14. The van der Waals surface area contributed by atoms with Crippen LogP contribution in [0, 0.1) is 0 Å². The summed E-state index contributed by atoms with van der Waals surface area (Å²) in [6, 6.07) is 15.0. The van der Waals surface area contributed by atoms with Crippen molar-refractivity contribution in [3.63, 3.8) is 0 Å². The van der Waals surface area contributed by atoms with Crippen LogP contribution in [0.2, 0.25) is 5.02 Å². The first-order chi connectivity index (χ1) is 12.2. The van der Waals surface area contributed by atoms with Gasteiger partial charge in [-0.2, -0.15) is 0 Å². The van der Waals surface area contributed by atoms with Gasteiger partial charge in [0.25, 0.3) is 0 Å². The van der Waals surface area contributed by atoms with E-state index in [0.29, 0.717) is 36.0 Å². The van der Waals surface area contributed by atoms with Gasteiger partial charge in [-0.15, -0.1) is 12.4 Å². The largest absolute Gasteiger partial charge is 0.487 e. The first-order valence-corrected chi connectivity index (χ1v) is 9.03. The van der Waals surface area contributed by atoms with E-state index >= 15 is 0 Å². The predicted molar refractivity (Wildman–Crippen MR) is 110 cm³/mol. The number of ether oxygens (including phenoxy) is 1. The molecule has 0 fully saturated rings. The molecule has 0 spiro atoms. The van der Waals surface area contributed by atoms with Gasteiger partial charge in [-0.3, -0.25) is 4.79 Å². The van der Waals surface area contributed by atoms with E-state index in [1.54, 1.807) is 0 Å². The van der Waals surface area contributed by atoms with E-state index < -0.39 is 0 Å². The second-order valence-electron chi connectivity index (χ2n) is 5.92. The maximum absolute atomic E-state index is 12.1. The fourth-order valence-electron chi connectivity index (χ4n) is 2.48. The number of nitrogens with one attached hydrogen (secondary N) is 1. The highest BCUT2D eigenvalue weighted by molar-refractivity contribution is 6.30. The molecule has 0 unspecified atom stereocenters. The Bertz CT molecular complexity index is 680. The molecule has 1 amide bonds. The Hall–Kier alpha value is -1.75. The Labute approximate surface area is 166 Å². The molecule has 4 nitrogen and oxygen atoms in total. The Balaban J connectivity index is 0.00000338. The SMILES string of the molecule is Cl.NCCCCCCC(=O)Nc1ccccc1OCc1cccc(Cl)c1. The standard InChI is InChI=1S/C20H25ClN2O2.ClH/c21-17-9-7-8-16(14-17)15-25-19-11-5-4-10-18(19)23-20(24)12-3-1-2-6-13-22;/h4-5,7-11,14H,1-3,6,12-13,15,22H2,(H,23,24);1H. The van der Waals surface area contributed by atoms with Crippen LogP contribution < -0.4 is 15.8 Å². The zero-order chi connectivity index (χ0) is 17.9. The lowest BCUT2D eigenvalue weighted by molar-refractivity contribution is -0.116. The van der Waals surface area contributed by atoms with Crippen LogP contribution in [0.1, 0.15) is 37.7 Å². The molecule has 0 bridgehead atoms. The van der Waals surface area contributed by atoms with Crippen molar-refractivity contribution in [2.45, 2.75) is 38.7 Å². The monoisotopic (exact) mass is 396 g/mol. The molecule has 0 aliphatic carbocycles. The number of benzene rings is 2. The fraction of sp³-hybridized carbons (Fsp3) is 0.350. The number of hydrogen-bond acceptors (Lipinski definition) is 3. The van der Waals surface area contributed by atoms with Crippen molar-refractivity contribution in [1.29, 1.82) is 0 Å². The van der Waals surface area contributed by atoms with Gasteiger partial charge in [-0.05, 0) is 49.2 Å². The Morgan fingerprint density at radius 3 is 2.58 bits per heavy atom. The average Bonchev–Trinajstić information content (AvgIpc) is 2.61. The van der Waals surface area contributed by atoms with Gasteiger partial charge in [0.05, 0.1) is 5.69 Å². The van der Waals surface area contributed by atoms with Gasteiger partial charge in [-0.25, -0.2) is 0 Å². The molecule has 0 saturated heterocycles. The van der Waals surface area contributed by atoms with Gasteiger partial charge >= 0.3 is 0 Å². The molecule has 26 heavy (non-hydrogen) atoms. The molecule has 142 valence electrons. The summed E-state index contributed by atoms with van der Waals surface area (Å²) in [5.74, 6) is 0.658. The molecular formula is C20H26Cl2N2O2. The molecule has 2 rings (SSSR count). The van der Waals surface area contributed by atoms with Crippen LogP contribution in [-0.2, 0) is 11.4 Å². The third-order valence-electron chi connectivity index (χ3n) is 3.80. The highest BCUT2D eigenvalue weighted by Crippen LogP contribution is 2.25. The van der Waals surface area contributed by atoms with Crippen LogP contribution in [0.3, 0.4) is 0 Å². The zero-order valence-corrected chi connectivity index (χ0v) is 16.3. The maximum atomic E-state index is 12.1. The van der Waals surface area contributed by atoms with E-state index in [1.165, 1.54) is 0 Å². The second-order valence-corrected chi connectivity index (χ2v) is 6.35. The van der Waals surface area contributed by atoms with E-state index in [-0.39, 0.29) is 18.3 Å². The second kappa shape index (κ2) is 12.6. The van der Waals surface area contributed by atoms with Gasteiger partial charge in [0.2, 0.25) is 5.91 Å². The maximum Gasteiger partial charge on any atom is 0.224 e. The summed E-state index contributed by atoms with van der Waals surface area (Å²) < 4.78 is 5.85. The summed E-state index contributed by atoms with van der Waals surface area (Å²) in [6.45, 7) is 1.11. The van der Waals surface area contributed by atoms with Crippen LogP contribution in [0.15, 0.2) is 48.5 Å². The summed E-state index contributed by atoms with van der Waals surface area (Å²) in [6.07, 6.45) is 4.49. The van der Waals surface area contributed by atoms with Crippen molar-refractivity contribution in [3.05, 3.63) is 59.1 Å². The topological polar surface area (TPSA) is 64.4 Å². The molecule has 2 aromatic carbocycles. The van der Waals surface area contributed by atoms with Gasteiger partial charge in [0.15, 0.2) is 0 Å². The number of amides is 1. The number of carbonyl (C=O) groups is 1. The Kier molecular flexibility index (Phi) is 10.8. The van der Waals surface area contributed by atoms with Crippen LogP contribution in [0.4, 0.5) is 5.69 Å². The van der Waals surface area contributed by atoms with Crippen molar-refractivity contribution in [2.75, 3.05) is 11.9 Å². The lowest BCUT2D eigenvalue weighted by atomic mass is 10.1. The van der Waals surface area contributed by atoms with Crippen molar-refractivity contribution in [1.82, 2.24) is 0 Å². The normalized spacial score (nSPS) is 10.1. The molecule has 0 saturated carbocycles. The van der Waals surface area contributed by atoms with Gasteiger partial charge in [-0.1, -0.05) is 48.7 Å². The van der Waals surface area contributed by atoms with Gasteiger partial charge in [0, 0.05) is 11.4 Å². The van der Waals surface area contributed by atoms with Crippen LogP contribution in [0.25, 0.3) is 0 Å². The summed E-state index contributed by atoms with van der Waals surface area (Å²) in [7, 11) is 0. The molecule has 3 N–H and O–H groups in total. The molecule has 0 radical (unpaired) electrons. The zero-order valence-electron chi connectivity index (χ0n) is 14.7. The Morgan fingerprint density at radius 1 is 1.04 bits per heavy atom. The number of para-hydroxylation sites is 2. The van der Waals surface area contributed by atoms with E-state index in [2.05, 4.69) is 5.32 Å². The molecule has 2 aromatic rings. The molecular weight excluding hydrogens is 371 g/mol. The van der Waals surface area contributed by atoms with Gasteiger partial charge < -0.3 is 15.8 Å². The van der Waals surface area contributed by atoms with Crippen LogP contribution >= 0.6 is 24.0 Å². The average molecular weight is 397 g/mol. The summed E-state index contributed by atoms with van der Waals surface area (Å²) >= 11 is 5.99. The number of anilines is 1. The molecule has 0 aromatic heterocycles. The molecule has 0 aliphatic rings. The number of rotatable bonds is 10. The highest BCUT2D eigenvalue weighted by atomic mass is 35.5. The smallest absolute Gasteiger partial charge is 0.224 e. The summed E-state index contributed by atoms with van der Waals surface area (Å²) in [4.78, 5) is 12.1. The lowest BCUT2D eigenvalue weighted by Gasteiger charge is -2.12. The highest BCUT2D eigenvalue weighted by Gasteiger charge is 2.08. The van der Waals surface area contributed by atoms with E-state index in [0.717, 1.165) is 31.2 Å². The van der Waals surface area contributed by atoms with Crippen LogP contribution in [-0.4, -0.2) is 12.5 Å². The number of unbranched alkanes of at least 4 members (excludes halogenated alkanes) is 3. The van der Waals surface area contributed by atoms with Crippen molar-refractivity contribution in [2.24, 2.45) is 5.73 Å². The minimum atomic E-state index is 0. The van der Waals surface area contributed by atoms with E-state index in [4.69, 9.17) is 22.1 Å². The minimum Gasteiger partial charge on any atom is -0.487 e. The fourth-order valence-corrected chi connectivity index (χ4v) is 2.69. The number of hydrogen-bond donors (Lipinski definition) is 2. The number of carbonyl (C=O) groups excluding carboxylic acids is 1. The quantitative estimate of drug-likeness (QED) is 0.543. The minimum absolute atomic E-state index is 0. The van der Waals surface area contributed by atoms with Crippen molar-refractivity contribution in [3.8, 4) is 5.75 Å². The molecule has 6 heteroatoms. The summed E-state index contributed by atoms with van der Waals surface area (Å²) in [5, 5.41) is 3.61. The first-order valence-electron chi connectivity index (χ1n) is 8.65. The van der Waals surface area contributed by atoms with E-state index in [9.17, 15) is 4.79 Å². The Morgan fingerprint density at radius 2 is 1.81 bits per heavy atom. The number of nitrogens with two attached hydrogens (primary N) is 1. The first kappa shape index (κ1) is 22.3. The van der Waals surface area contributed by atoms with Crippen molar-refractivity contribution < 1.29 is 9.53 Å². The van der Waals surface area contributed by atoms with Gasteiger partial charge in [0.1, 0.15) is 12.4 Å².